The zero-order chi connectivity index (χ0) is 19.8. The Morgan fingerprint density at radius 1 is 0.929 bits per heavy atom. The van der Waals surface area contributed by atoms with Crippen LogP contribution in [0.1, 0.15) is 25.5 Å². The number of benzene rings is 1. The molecular weight excluding hydrogens is 354 g/mol. The Bertz CT molecular complexity index is 1280. The number of rotatable bonds is 4. The van der Waals surface area contributed by atoms with E-state index in [4.69, 9.17) is 4.74 Å². The molecule has 0 bridgehead atoms. The molecule has 28 heavy (non-hydrogen) atoms. The van der Waals surface area contributed by atoms with Crippen molar-refractivity contribution < 1.29 is 4.74 Å². The van der Waals surface area contributed by atoms with E-state index in [1.165, 1.54) is 0 Å². The van der Waals surface area contributed by atoms with Crippen molar-refractivity contribution in [2.24, 2.45) is 0 Å². The van der Waals surface area contributed by atoms with Crippen LogP contribution in [-0.4, -0.2) is 21.2 Å². The number of methoxy groups -OCH3 is 1. The zero-order valence-electron chi connectivity index (χ0n) is 16.0. The maximum Gasteiger partial charge on any atom is 0.260 e. The summed E-state index contributed by atoms with van der Waals surface area (Å²) in [5.74, 6) is 0.770. The summed E-state index contributed by atoms with van der Waals surface area (Å²) >= 11 is 0. The van der Waals surface area contributed by atoms with E-state index in [1.54, 1.807) is 34.7 Å². The molecule has 3 aromatic heterocycles. The van der Waals surface area contributed by atoms with Gasteiger partial charge in [0.05, 0.1) is 35.5 Å². The number of ether oxygens (including phenoxy) is 1. The largest absolute Gasteiger partial charge is 0.497 e. The smallest absolute Gasteiger partial charge is 0.260 e. The molecule has 0 aliphatic carbocycles. The molecule has 0 saturated heterocycles. The second-order valence-electron chi connectivity index (χ2n) is 7.07. The molecule has 0 spiro atoms. The van der Waals surface area contributed by atoms with Crippen molar-refractivity contribution in [1.82, 2.24) is 14.1 Å². The third kappa shape index (κ3) is 3.07. The van der Waals surface area contributed by atoms with Gasteiger partial charge in [0.25, 0.3) is 11.1 Å². The van der Waals surface area contributed by atoms with Crippen molar-refractivity contribution >= 4 is 21.8 Å². The van der Waals surface area contributed by atoms with E-state index in [-0.39, 0.29) is 17.2 Å². The predicted octanol–water partition coefficient (Wildman–Crippen LogP) is 3.35. The molecule has 0 atom stereocenters. The van der Waals surface area contributed by atoms with E-state index >= 15 is 0 Å². The maximum absolute atomic E-state index is 13.0. The molecular formula is C22H21N3O3. The molecule has 0 unspecified atom stereocenters. The van der Waals surface area contributed by atoms with Crippen LogP contribution in [-0.2, 0) is 6.54 Å². The first-order chi connectivity index (χ1) is 13.5. The number of hydrogen-bond donors (Lipinski definition) is 0. The lowest BCUT2D eigenvalue weighted by Gasteiger charge is -2.11. The lowest BCUT2D eigenvalue weighted by molar-refractivity contribution is 0.414. The van der Waals surface area contributed by atoms with Gasteiger partial charge in [0, 0.05) is 18.4 Å². The van der Waals surface area contributed by atoms with Crippen LogP contribution in [0.2, 0.25) is 0 Å². The van der Waals surface area contributed by atoms with E-state index in [0.717, 1.165) is 11.3 Å². The van der Waals surface area contributed by atoms with Gasteiger partial charge < -0.3 is 13.9 Å². The fourth-order valence-electron chi connectivity index (χ4n) is 3.34. The van der Waals surface area contributed by atoms with Gasteiger partial charge >= 0.3 is 0 Å². The molecule has 142 valence electrons. The highest BCUT2D eigenvalue weighted by atomic mass is 16.5. The molecule has 1 aromatic carbocycles. The minimum atomic E-state index is -0.165. The monoisotopic (exact) mass is 375 g/mol. The minimum absolute atomic E-state index is 0.0371. The van der Waals surface area contributed by atoms with Gasteiger partial charge in [0.1, 0.15) is 5.75 Å². The van der Waals surface area contributed by atoms with Gasteiger partial charge in [0.15, 0.2) is 0 Å². The van der Waals surface area contributed by atoms with Gasteiger partial charge in [-0.25, -0.2) is 4.98 Å². The first kappa shape index (κ1) is 18.0. The SMILES string of the molecule is COc1ccc(Cn2ccc3nc4ccn(C(C)C)c(=O)c4cc3c2=O)cc1. The molecule has 0 N–H and O–H groups in total. The Labute approximate surface area is 161 Å². The highest BCUT2D eigenvalue weighted by Gasteiger charge is 2.11. The molecule has 4 rings (SSSR count). The van der Waals surface area contributed by atoms with E-state index in [1.807, 2.05) is 50.2 Å². The van der Waals surface area contributed by atoms with Crippen molar-refractivity contribution in [3.63, 3.8) is 0 Å². The Morgan fingerprint density at radius 2 is 1.57 bits per heavy atom. The molecule has 6 heteroatoms. The topological polar surface area (TPSA) is 66.1 Å². The summed E-state index contributed by atoms with van der Waals surface area (Å²) in [6.07, 6.45) is 3.49. The summed E-state index contributed by atoms with van der Waals surface area (Å²) in [6, 6.07) is 12.9. The number of fused-ring (bicyclic) bond motifs is 2. The van der Waals surface area contributed by atoms with Crippen molar-refractivity contribution in [2.75, 3.05) is 7.11 Å². The molecule has 0 aliphatic heterocycles. The third-order valence-corrected chi connectivity index (χ3v) is 4.91. The summed E-state index contributed by atoms with van der Waals surface area (Å²) < 4.78 is 8.44. The Balaban J connectivity index is 1.84. The standard InChI is InChI=1S/C22H21N3O3/c1-14(2)25-11-9-20-18(22(25)27)12-17-19(23-20)8-10-24(21(17)26)13-15-4-6-16(28-3)7-5-15/h4-12,14H,13H2,1-3H3. The van der Waals surface area contributed by atoms with Crippen molar-refractivity contribution in [1.29, 1.82) is 0 Å². The van der Waals surface area contributed by atoms with Crippen molar-refractivity contribution in [3.8, 4) is 5.75 Å². The number of hydrogen-bond acceptors (Lipinski definition) is 4. The van der Waals surface area contributed by atoms with Gasteiger partial charge in [-0.15, -0.1) is 0 Å². The Kier molecular flexibility index (Phi) is 4.47. The van der Waals surface area contributed by atoms with E-state index in [0.29, 0.717) is 28.4 Å². The lowest BCUT2D eigenvalue weighted by atomic mass is 10.1. The van der Waals surface area contributed by atoms with Gasteiger partial charge in [-0.3, -0.25) is 9.59 Å². The molecule has 0 amide bonds. The normalized spacial score (nSPS) is 11.4. The average molecular weight is 375 g/mol. The number of nitrogens with zero attached hydrogens (tertiary/aromatic N) is 3. The molecule has 0 fully saturated rings. The van der Waals surface area contributed by atoms with Crippen LogP contribution in [0, 0.1) is 0 Å². The third-order valence-electron chi connectivity index (χ3n) is 4.91. The highest BCUT2D eigenvalue weighted by molar-refractivity contribution is 5.91. The van der Waals surface area contributed by atoms with E-state index in [9.17, 15) is 9.59 Å². The van der Waals surface area contributed by atoms with Gasteiger partial charge in [-0.1, -0.05) is 12.1 Å². The molecule has 4 aromatic rings. The van der Waals surface area contributed by atoms with E-state index < -0.39 is 0 Å². The van der Waals surface area contributed by atoms with Gasteiger partial charge in [-0.05, 0) is 49.7 Å². The van der Waals surface area contributed by atoms with Crippen LogP contribution in [0.5, 0.6) is 5.75 Å². The summed E-state index contributed by atoms with van der Waals surface area (Å²) in [5.41, 5.74) is 1.87. The summed E-state index contributed by atoms with van der Waals surface area (Å²) in [7, 11) is 1.62. The van der Waals surface area contributed by atoms with Gasteiger partial charge in [0.2, 0.25) is 0 Å². The van der Waals surface area contributed by atoms with Crippen molar-refractivity contribution in [2.45, 2.75) is 26.4 Å². The van der Waals surface area contributed by atoms with Crippen molar-refractivity contribution in [3.05, 3.63) is 81.1 Å². The molecule has 6 nitrogen and oxygen atoms in total. The second kappa shape index (κ2) is 6.96. The van der Waals surface area contributed by atoms with Crippen LogP contribution in [0.25, 0.3) is 21.8 Å². The average Bonchev–Trinajstić information content (AvgIpc) is 2.70. The quantitative estimate of drug-likeness (QED) is 0.513. The summed E-state index contributed by atoms with van der Waals surface area (Å²) in [6.45, 7) is 4.33. The predicted molar refractivity (Wildman–Crippen MR) is 110 cm³/mol. The molecule has 0 radical (unpaired) electrons. The fourth-order valence-corrected chi connectivity index (χ4v) is 3.34. The second-order valence-corrected chi connectivity index (χ2v) is 7.07. The zero-order valence-corrected chi connectivity index (χ0v) is 16.0. The van der Waals surface area contributed by atoms with Crippen LogP contribution in [0.15, 0.2) is 64.4 Å². The number of pyridine rings is 3. The lowest BCUT2D eigenvalue weighted by Crippen LogP contribution is -2.23. The first-order valence-electron chi connectivity index (χ1n) is 9.16. The van der Waals surface area contributed by atoms with E-state index in [2.05, 4.69) is 4.98 Å². The highest BCUT2D eigenvalue weighted by Crippen LogP contribution is 2.16. The van der Waals surface area contributed by atoms with Crippen LogP contribution >= 0.6 is 0 Å². The number of aromatic nitrogens is 3. The first-order valence-corrected chi connectivity index (χ1v) is 9.16. The van der Waals surface area contributed by atoms with Gasteiger partial charge in [-0.2, -0.15) is 0 Å². The minimum Gasteiger partial charge on any atom is -0.497 e. The van der Waals surface area contributed by atoms with Crippen LogP contribution < -0.4 is 15.9 Å². The fraction of sp³-hybridized carbons (Fsp3) is 0.227. The maximum atomic E-state index is 13.0. The molecule has 0 saturated carbocycles. The molecule has 0 aliphatic rings. The van der Waals surface area contributed by atoms with Crippen LogP contribution in [0.3, 0.4) is 0 Å². The summed E-state index contributed by atoms with van der Waals surface area (Å²) in [4.78, 5) is 30.3. The summed E-state index contributed by atoms with van der Waals surface area (Å²) in [5, 5.41) is 0.908. The molecule has 3 heterocycles. The van der Waals surface area contributed by atoms with Crippen LogP contribution in [0.4, 0.5) is 0 Å². The Hall–Kier alpha value is -3.41. The Morgan fingerprint density at radius 3 is 2.21 bits per heavy atom.